The zero-order chi connectivity index (χ0) is 15.2. The first kappa shape index (κ1) is 16.3. The SMILES string of the molecule is CCCOc1ccc(NCc2ccc(Cl)cc2Cl)cc1Cl. The Morgan fingerprint density at radius 3 is 2.48 bits per heavy atom. The summed E-state index contributed by atoms with van der Waals surface area (Å²) >= 11 is 18.2. The van der Waals surface area contributed by atoms with E-state index in [2.05, 4.69) is 12.2 Å². The molecule has 0 aliphatic carbocycles. The highest BCUT2D eigenvalue weighted by atomic mass is 35.5. The smallest absolute Gasteiger partial charge is 0.138 e. The maximum absolute atomic E-state index is 6.19. The van der Waals surface area contributed by atoms with Crippen molar-refractivity contribution in [3.8, 4) is 5.75 Å². The minimum atomic E-state index is 0.593. The molecule has 1 N–H and O–H groups in total. The first-order chi connectivity index (χ1) is 10.1. The van der Waals surface area contributed by atoms with Gasteiger partial charge in [-0.2, -0.15) is 0 Å². The first-order valence-electron chi connectivity index (χ1n) is 6.70. The fourth-order valence-corrected chi connectivity index (χ4v) is 2.51. The van der Waals surface area contributed by atoms with E-state index in [0.29, 0.717) is 34.0 Å². The Bertz CT molecular complexity index is 616. The number of anilines is 1. The van der Waals surface area contributed by atoms with E-state index in [1.807, 2.05) is 30.3 Å². The van der Waals surface area contributed by atoms with Crippen LogP contribution in [0.1, 0.15) is 18.9 Å². The quantitative estimate of drug-likeness (QED) is 0.689. The van der Waals surface area contributed by atoms with E-state index in [9.17, 15) is 0 Å². The summed E-state index contributed by atoms with van der Waals surface area (Å²) in [6.45, 7) is 3.31. The lowest BCUT2D eigenvalue weighted by molar-refractivity contribution is 0.317. The fourth-order valence-electron chi connectivity index (χ4n) is 1.80. The van der Waals surface area contributed by atoms with Crippen molar-refractivity contribution in [2.45, 2.75) is 19.9 Å². The molecule has 0 spiro atoms. The Hall–Kier alpha value is -1.09. The van der Waals surface area contributed by atoms with Crippen LogP contribution in [0, 0.1) is 0 Å². The van der Waals surface area contributed by atoms with E-state index >= 15 is 0 Å². The molecule has 0 radical (unpaired) electrons. The lowest BCUT2D eigenvalue weighted by Gasteiger charge is -2.11. The first-order valence-corrected chi connectivity index (χ1v) is 7.83. The van der Waals surface area contributed by atoms with E-state index in [1.165, 1.54) is 0 Å². The average molecular weight is 345 g/mol. The molecule has 2 aromatic carbocycles. The third-order valence-electron chi connectivity index (χ3n) is 2.89. The van der Waals surface area contributed by atoms with Crippen molar-refractivity contribution < 1.29 is 4.74 Å². The van der Waals surface area contributed by atoms with E-state index in [0.717, 1.165) is 17.7 Å². The van der Waals surface area contributed by atoms with Crippen LogP contribution >= 0.6 is 34.8 Å². The third-order valence-corrected chi connectivity index (χ3v) is 3.77. The summed E-state index contributed by atoms with van der Waals surface area (Å²) in [7, 11) is 0. The Morgan fingerprint density at radius 1 is 1.00 bits per heavy atom. The van der Waals surface area contributed by atoms with Crippen LogP contribution in [-0.2, 0) is 6.54 Å². The molecule has 0 fully saturated rings. The third kappa shape index (κ3) is 4.70. The molecule has 0 bridgehead atoms. The summed E-state index contributed by atoms with van der Waals surface area (Å²) in [5, 5.41) is 5.14. The van der Waals surface area contributed by atoms with E-state index in [4.69, 9.17) is 39.5 Å². The van der Waals surface area contributed by atoms with Crippen molar-refractivity contribution in [1.29, 1.82) is 0 Å². The van der Waals surface area contributed by atoms with E-state index < -0.39 is 0 Å². The van der Waals surface area contributed by atoms with Gasteiger partial charge >= 0.3 is 0 Å². The highest BCUT2D eigenvalue weighted by molar-refractivity contribution is 6.35. The highest BCUT2D eigenvalue weighted by Gasteiger charge is 2.05. The molecule has 2 rings (SSSR count). The fraction of sp³-hybridized carbons (Fsp3) is 0.250. The summed E-state index contributed by atoms with van der Waals surface area (Å²) in [6, 6.07) is 11.1. The molecule has 0 saturated carbocycles. The summed E-state index contributed by atoms with van der Waals surface area (Å²) in [4.78, 5) is 0. The lowest BCUT2D eigenvalue weighted by Crippen LogP contribution is -2.01. The standard InChI is InChI=1S/C16H16Cl3NO/c1-2-7-21-16-6-5-13(9-15(16)19)20-10-11-3-4-12(17)8-14(11)18/h3-6,8-9,20H,2,7,10H2,1H3. The van der Waals surface area contributed by atoms with Crippen LogP contribution in [0.5, 0.6) is 5.75 Å². The maximum atomic E-state index is 6.19. The van der Waals surface area contributed by atoms with Crippen molar-refractivity contribution >= 4 is 40.5 Å². The predicted molar refractivity (Wildman–Crippen MR) is 91.0 cm³/mol. The minimum Gasteiger partial charge on any atom is -0.492 e. The van der Waals surface area contributed by atoms with Crippen LogP contribution < -0.4 is 10.1 Å². The van der Waals surface area contributed by atoms with Gasteiger partial charge in [0.15, 0.2) is 0 Å². The van der Waals surface area contributed by atoms with Crippen molar-refractivity contribution in [2.24, 2.45) is 0 Å². The highest BCUT2D eigenvalue weighted by Crippen LogP contribution is 2.28. The molecular formula is C16H16Cl3NO. The summed E-state index contributed by atoms with van der Waals surface area (Å²) < 4.78 is 5.54. The number of nitrogens with one attached hydrogen (secondary N) is 1. The van der Waals surface area contributed by atoms with E-state index in [1.54, 1.807) is 6.07 Å². The Kier molecular flexibility index (Phi) is 6.04. The van der Waals surface area contributed by atoms with Gasteiger partial charge in [0.05, 0.1) is 11.6 Å². The van der Waals surface area contributed by atoms with Crippen molar-refractivity contribution in [2.75, 3.05) is 11.9 Å². The Labute approximate surface area is 140 Å². The molecule has 21 heavy (non-hydrogen) atoms. The second-order valence-corrected chi connectivity index (χ2v) is 5.83. The largest absolute Gasteiger partial charge is 0.492 e. The van der Waals surface area contributed by atoms with Crippen LogP contribution in [0.3, 0.4) is 0 Å². The number of hydrogen-bond acceptors (Lipinski definition) is 2. The van der Waals surface area contributed by atoms with Crippen LogP contribution in [0.4, 0.5) is 5.69 Å². The van der Waals surface area contributed by atoms with Crippen molar-refractivity contribution in [3.63, 3.8) is 0 Å². The average Bonchev–Trinajstić information content (AvgIpc) is 2.45. The second kappa shape index (κ2) is 7.79. The molecule has 0 aliphatic heterocycles. The molecule has 0 aromatic heterocycles. The molecule has 0 unspecified atom stereocenters. The van der Waals surface area contributed by atoms with Crippen molar-refractivity contribution in [1.82, 2.24) is 0 Å². The molecule has 0 atom stereocenters. The van der Waals surface area contributed by atoms with Gasteiger partial charge in [-0.25, -0.2) is 0 Å². The molecular weight excluding hydrogens is 329 g/mol. The van der Waals surface area contributed by atoms with Gasteiger partial charge in [0.1, 0.15) is 5.75 Å². The number of rotatable bonds is 6. The summed E-state index contributed by atoms with van der Waals surface area (Å²) in [5.41, 5.74) is 1.89. The van der Waals surface area contributed by atoms with Gasteiger partial charge in [-0.05, 0) is 42.3 Å². The molecule has 2 nitrogen and oxygen atoms in total. The van der Waals surface area contributed by atoms with Gasteiger partial charge in [-0.1, -0.05) is 47.8 Å². The van der Waals surface area contributed by atoms with Gasteiger partial charge in [0.25, 0.3) is 0 Å². The summed E-state index contributed by atoms with van der Waals surface area (Å²) in [6.07, 6.45) is 0.950. The zero-order valence-corrected chi connectivity index (χ0v) is 13.9. The van der Waals surface area contributed by atoms with E-state index in [-0.39, 0.29) is 0 Å². The van der Waals surface area contributed by atoms with Crippen LogP contribution in [-0.4, -0.2) is 6.61 Å². The monoisotopic (exact) mass is 343 g/mol. The maximum Gasteiger partial charge on any atom is 0.138 e. The lowest BCUT2D eigenvalue weighted by atomic mass is 10.2. The molecule has 0 heterocycles. The normalized spacial score (nSPS) is 10.5. The number of hydrogen-bond donors (Lipinski definition) is 1. The van der Waals surface area contributed by atoms with Gasteiger partial charge in [-0.3, -0.25) is 0 Å². The molecule has 112 valence electrons. The van der Waals surface area contributed by atoms with Gasteiger partial charge in [-0.15, -0.1) is 0 Å². The minimum absolute atomic E-state index is 0.593. The molecule has 5 heteroatoms. The number of benzene rings is 2. The van der Waals surface area contributed by atoms with Crippen molar-refractivity contribution in [3.05, 3.63) is 57.0 Å². The molecule has 0 saturated heterocycles. The zero-order valence-electron chi connectivity index (χ0n) is 11.6. The van der Waals surface area contributed by atoms with Crippen LogP contribution in [0.15, 0.2) is 36.4 Å². The van der Waals surface area contributed by atoms with Crippen LogP contribution in [0.2, 0.25) is 15.1 Å². The van der Waals surface area contributed by atoms with Crippen LogP contribution in [0.25, 0.3) is 0 Å². The van der Waals surface area contributed by atoms with Gasteiger partial charge in [0, 0.05) is 22.3 Å². The second-order valence-electron chi connectivity index (χ2n) is 4.58. The number of halogens is 3. The number of ether oxygens (including phenoxy) is 1. The summed E-state index contributed by atoms with van der Waals surface area (Å²) in [5.74, 6) is 0.702. The Morgan fingerprint density at radius 2 is 1.81 bits per heavy atom. The Balaban J connectivity index is 2.01. The van der Waals surface area contributed by atoms with Gasteiger partial charge in [0.2, 0.25) is 0 Å². The molecule has 0 aliphatic rings. The predicted octanol–water partition coefficient (Wildman–Crippen LogP) is 6.05. The molecule has 2 aromatic rings. The topological polar surface area (TPSA) is 21.3 Å². The van der Waals surface area contributed by atoms with Gasteiger partial charge < -0.3 is 10.1 Å². The molecule has 0 amide bonds.